The number of carbonyl (C=O) groups is 1. The van der Waals surface area contributed by atoms with E-state index in [4.69, 9.17) is 5.73 Å². The van der Waals surface area contributed by atoms with Crippen molar-refractivity contribution in [3.8, 4) is 0 Å². The van der Waals surface area contributed by atoms with Gasteiger partial charge in [0.25, 0.3) is 0 Å². The topological polar surface area (TPSA) is 71.8 Å². The summed E-state index contributed by atoms with van der Waals surface area (Å²) >= 11 is 0. The molecule has 0 aliphatic carbocycles. The summed E-state index contributed by atoms with van der Waals surface area (Å²) in [7, 11) is 0. The Morgan fingerprint density at radius 2 is 2.12 bits per heavy atom. The zero-order chi connectivity index (χ0) is 11.8. The molecule has 1 amide bonds. The molecule has 0 fully saturated rings. The number of nitrogens with one attached hydrogen (secondary N) is 1. The Labute approximate surface area is 93.9 Å². The van der Waals surface area contributed by atoms with E-state index in [0.717, 1.165) is 11.0 Å². The highest BCUT2D eigenvalue weighted by atomic mass is 16.1. The number of hydrogen-bond donors (Lipinski definition) is 2. The molecule has 1 aromatic carbocycles. The molecule has 1 heterocycles. The molecular formula is C12H14N3O. The van der Waals surface area contributed by atoms with Crippen LogP contribution in [0.4, 0.5) is 0 Å². The SMILES string of the molecule is CC(C)([CH]c1nc2ccccc2[nH]1)C(N)=O. The smallest absolute Gasteiger partial charge is 0.223 e. The van der Waals surface area contributed by atoms with E-state index < -0.39 is 5.41 Å². The average Bonchev–Trinajstić information content (AvgIpc) is 2.58. The number of imidazole rings is 1. The van der Waals surface area contributed by atoms with Gasteiger partial charge in [0.15, 0.2) is 0 Å². The van der Waals surface area contributed by atoms with E-state index in [1.54, 1.807) is 20.3 Å². The highest BCUT2D eigenvalue weighted by Crippen LogP contribution is 2.23. The van der Waals surface area contributed by atoms with Gasteiger partial charge in [0.2, 0.25) is 5.91 Å². The van der Waals surface area contributed by atoms with Crippen LogP contribution in [0.5, 0.6) is 0 Å². The molecule has 2 rings (SSSR count). The third-order valence-corrected chi connectivity index (χ3v) is 2.54. The second kappa shape index (κ2) is 3.63. The number of amides is 1. The highest BCUT2D eigenvalue weighted by molar-refractivity contribution is 5.82. The maximum absolute atomic E-state index is 11.2. The van der Waals surface area contributed by atoms with Crippen molar-refractivity contribution in [1.82, 2.24) is 9.97 Å². The molecule has 0 saturated carbocycles. The van der Waals surface area contributed by atoms with Crippen LogP contribution in [0, 0.1) is 11.8 Å². The molecule has 2 aromatic rings. The normalized spacial score (nSPS) is 11.9. The Bertz CT molecular complexity index is 495. The Morgan fingerprint density at radius 3 is 2.75 bits per heavy atom. The number of nitrogens with zero attached hydrogens (tertiary/aromatic N) is 1. The monoisotopic (exact) mass is 216 g/mol. The third-order valence-electron chi connectivity index (χ3n) is 2.54. The fourth-order valence-corrected chi connectivity index (χ4v) is 1.45. The number of aromatic nitrogens is 2. The second-order valence-corrected chi connectivity index (χ2v) is 4.37. The molecule has 0 spiro atoms. The zero-order valence-corrected chi connectivity index (χ0v) is 9.32. The minimum Gasteiger partial charge on any atom is -0.369 e. The first-order valence-electron chi connectivity index (χ1n) is 5.09. The van der Waals surface area contributed by atoms with Gasteiger partial charge in [-0.3, -0.25) is 4.79 Å². The van der Waals surface area contributed by atoms with Crippen molar-refractivity contribution in [3.63, 3.8) is 0 Å². The molecule has 0 atom stereocenters. The lowest BCUT2D eigenvalue weighted by atomic mass is 9.88. The summed E-state index contributed by atoms with van der Waals surface area (Å²) in [6.07, 6.45) is 1.75. The van der Waals surface area contributed by atoms with Gasteiger partial charge in [0, 0.05) is 6.42 Å². The van der Waals surface area contributed by atoms with Gasteiger partial charge in [0.05, 0.1) is 16.4 Å². The number of aromatic amines is 1. The van der Waals surface area contributed by atoms with E-state index in [1.165, 1.54) is 0 Å². The minimum absolute atomic E-state index is 0.368. The van der Waals surface area contributed by atoms with Crippen LogP contribution in [0.25, 0.3) is 11.0 Å². The molecule has 0 aliphatic rings. The number of carbonyl (C=O) groups excluding carboxylic acids is 1. The lowest BCUT2D eigenvalue weighted by Gasteiger charge is -2.17. The molecular weight excluding hydrogens is 202 g/mol. The molecule has 4 nitrogen and oxygen atoms in total. The molecule has 0 saturated heterocycles. The van der Waals surface area contributed by atoms with Crippen LogP contribution < -0.4 is 5.73 Å². The molecule has 16 heavy (non-hydrogen) atoms. The Balaban J connectivity index is 2.32. The number of hydrogen-bond acceptors (Lipinski definition) is 2. The summed E-state index contributed by atoms with van der Waals surface area (Å²) in [4.78, 5) is 18.7. The second-order valence-electron chi connectivity index (χ2n) is 4.37. The van der Waals surface area contributed by atoms with E-state index in [-0.39, 0.29) is 5.91 Å². The van der Waals surface area contributed by atoms with Crippen molar-refractivity contribution in [2.24, 2.45) is 11.1 Å². The van der Waals surface area contributed by atoms with Crippen molar-refractivity contribution in [2.45, 2.75) is 13.8 Å². The van der Waals surface area contributed by atoms with Crippen LogP contribution >= 0.6 is 0 Å². The fraction of sp³-hybridized carbons (Fsp3) is 0.250. The summed E-state index contributed by atoms with van der Waals surface area (Å²) in [5.74, 6) is 0.304. The van der Waals surface area contributed by atoms with E-state index in [2.05, 4.69) is 9.97 Å². The number of primary amides is 1. The summed E-state index contributed by atoms with van der Waals surface area (Å²) in [5, 5.41) is 0. The van der Waals surface area contributed by atoms with E-state index in [1.807, 2.05) is 24.3 Å². The third kappa shape index (κ3) is 1.91. The Morgan fingerprint density at radius 1 is 1.44 bits per heavy atom. The summed E-state index contributed by atoms with van der Waals surface area (Å²) in [6, 6.07) is 7.72. The Hall–Kier alpha value is -1.84. The van der Waals surface area contributed by atoms with E-state index in [0.29, 0.717) is 5.82 Å². The predicted octanol–water partition coefficient (Wildman–Crippen LogP) is 1.63. The van der Waals surface area contributed by atoms with Crippen molar-refractivity contribution in [1.29, 1.82) is 0 Å². The average molecular weight is 216 g/mol. The van der Waals surface area contributed by atoms with Crippen molar-refractivity contribution in [3.05, 3.63) is 36.5 Å². The zero-order valence-electron chi connectivity index (χ0n) is 9.32. The predicted molar refractivity (Wildman–Crippen MR) is 62.5 cm³/mol. The van der Waals surface area contributed by atoms with Gasteiger partial charge in [-0.25, -0.2) is 4.98 Å². The van der Waals surface area contributed by atoms with Crippen LogP contribution in [0.2, 0.25) is 0 Å². The van der Waals surface area contributed by atoms with E-state index in [9.17, 15) is 4.79 Å². The maximum atomic E-state index is 11.2. The molecule has 4 heteroatoms. The number of rotatable bonds is 3. The van der Waals surface area contributed by atoms with Gasteiger partial charge in [-0.05, 0) is 12.1 Å². The number of para-hydroxylation sites is 2. The van der Waals surface area contributed by atoms with Gasteiger partial charge in [-0.15, -0.1) is 0 Å². The lowest BCUT2D eigenvalue weighted by molar-refractivity contribution is -0.124. The summed E-state index contributed by atoms with van der Waals surface area (Å²) < 4.78 is 0. The van der Waals surface area contributed by atoms with Crippen molar-refractivity contribution in [2.75, 3.05) is 0 Å². The minimum atomic E-state index is -0.701. The number of H-pyrrole nitrogens is 1. The highest BCUT2D eigenvalue weighted by Gasteiger charge is 2.27. The first-order valence-corrected chi connectivity index (χ1v) is 5.09. The number of nitrogens with two attached hydrogens (primary N) is 1. The molecule has 0 unspecified atom stereocenters. The van der Waals surface area contributed by atoms with Gasteiger partial charge in [-0.2, -0.15) is 0 Å². The maximum Gasteiger partial charge on any atom is 0.223 e. The van der Waals surface area contributed by atoms with Gasteiger partial charge in [-0.1, -0.05) is 26.0 Å². The standard InChI is InChI=1S/C12H14N3O/c1-12(2,11(13)16)7-10-14-8-5-3-4-6-9(8)15-10/h3-7H,1-2H3,(H2,13,16)(H,14,15). The molecule has 3 N–H and O–H groups in total. The van der Waals surface area contributed by atoms with Crippen LogP contribution in [0.3, 0.4) is 0 Å². The van der Waals surface area contributed by atoms with Crippen LogP contribution in [0.1, 0.15) is 19.7 Å². The fourth-order valence-electron chi connectivity index (χ4n) is 1.45. The number of benzene rings is 1. The van der Waals surface area contributed by atoms with Gasteiger partial charge in [0.1, 0.15) is 5.82 Å². The molecule has 0 bridgehead atoms. The summed E-state index contributed by atoms with van der Waals surface area (Å²) in [5.41, 5.74) is 6.44. The molecule has 1 aromatic heterocycles. The molecule has 1 radical (unpaired) electrons. The molecule has 83 valence electrons. The van der Waals surface area contributed by atoms with Gasteiger partial charge >= 0.3 is 0 Å². The van der Waals surface area contributed by atoms with Crippen LogP contribution in [-0.4, -0.2) is 15.9 Å². The quantitative estimate of drug-likeness (QED) is 0.818. The van der Waals surface area contributed by atoms with Crippen molar-refractivity contribution >= 4 is 16.9 Å². The largest absolute Gasteiger partial charge is 0.369 e. The first kappa shape index (κ1) is 10.7. The molecule has 0 aliphatic heterocycles. The first-order chi connectivity index (χ1) is 7.49. The van der Waals surface area contributed by atoms with Crippen LogP contribution in [0.15, 0.2) is 24.3 Å². The number of fused-ring (bicyclic) bond motifs is 1. The van der Waals surface area contributed by atoms with E-state index >= 15 is 0 Å². The Kier molecular flexibility index (Phi) is 2.42. The lowest BCUT2D eigenvalue weighted by Crippen LogP contribution is -2.32. The van der Waals surface area contributed by atoms with Crippen molar-refractivity contribution < 1.29 is 4.79 Å². The summed E-state index contributed by atoms with van der Waals surface area (Å²) in [6.45, 7) is 3.53. The van der Waals surface area contributed by atoms with Crippen LogP contribution in [-0.2, 0) is 4.79 Å². The van der Waals surface area contributed by atoms with Gasteiger partial charge < -0.3 is 10.7 Å².